The summed E-state index contributed by atoms with van der Waals surface area (Å²) in [7, 11) is 0. The maximum atomic E-state index is 9.26. The Bertz CT molecular complexity index is 808. The summed E-state index contributed by atoms with van der Waals surface area (Å²) in [6, 6.07) is 13.7. The fourth-order valence-electron chi connectivity index (χ4n) is 2.23. The Balaban J connectivity index is 2.05. The van der Waals surface area contributed by atoms with Crippen molar-refractivity contribution in [3.05, 3.63) is 60.0 Å². The molecule has 0 aliphatic heterocycles. The van der Waals surface area contributed by atoms with E-state index in [-0.39, 0.29) is 6.04 Å². The third-order valence-corrected chi connectivity index (χ3v) is 3.34. The molecule has 0 radical (unpaired) electrons. The van der Waals surface area contributed by atoms with Gasteiger partial charge in [-0.25, -0.2) is 0 Å². The van der Waals surface area contributed by atoms with Gasteiger partial charge in [0.2, 0.25) is 0 Å². The molecule has 0 aliphatic rings. The minimum atomic E-state index is 0.0349. The summed E-state index contributed by atoms with van der Waals surface area (Å²) in [5.41, 5.74) is 2.87. The summed E-state index contributed by atoms with van der Waals surface area (Å²) < 4.78 is 0. The first kappa shape index (κ1) is 13.0. The number of rotatable bonds is 3. The van der Waals surface area contributed by atoms with E-state index in [1.165, 1.54) is 0 Å². The van der Waals surface area contributed by atoms with Gasteiger partial charge >= 0.3 is 0 Å². The maximum absolute atomic E-state index is 9.26. The molecule has 0 aliphatic carbocycles. The van der Waals surface area contributed by atoms with Crippen molar-refractivity contribution in [1.82, 2.24) is 15.2 Å². The molecule has 1 N–H and O–H groups in total. The predicted molar refractivity (Wildman–Crippen MR) is 80.5 cm³/mol. The summed E-state index contributed by atoms with van der Waals surface area (Å²) >= 11 is 0. The van der Waals surface area contributed by atoms with Crippen LogP contribution in [0.3, 0.4) is 0 Å². The second-order valence-corrected chi connectivity index (χ2v) is 4.70. The largest absolute Gasteiger partial charge is 0.376 e. The van der Waals surface area contributed by atoms with E-state index in [4.69, 9.17) is 0 Å². The molecule has 0 saturated heterocycles. The van der Waals surface area contributed by atoms with Gasteiger partial charge in [0.15, 0.2) is 5.69 Å². The fourth-order valence-corrected chi connectivity index (χ4v) is 2.23. The predicted octanol–water partition coefficient (Wildman–Crippen LogP) is 3.07. The minimum Gasteiger partial charge on any atom is -0.376 e. The third kappa shape index (κ3) is 2.51. The number of benzene rings is 1. The highest BCUT2D eigenvalue weighted by molar-refractivity contribution is 5.92. The van der Waals surface area contributed by atoms with Crippen LogP contribution in [0.1, 0.15) is 24.2 Å². The van der Waals surface area contributed by atoms with Gasteiger partial charge in [0.25, 0.3) is 0 Å². The number of nitrogens with one attached hydrogen (secondary N) is 1. The van der Waals surface area contributed by atoms with E-state index in [0.717, 1.165) is 16.5 Å². The van der Waals surface area contributed by atoms with Crippen LogP contribution in [0.5, 0.6) is 0 Å². The Morgan fingerprint density at radius 1 is 1.10 bits per heavy atom. The van der Waals surface area contributed by atoms with Gasteiger partial charge in [-0.05, 0) is 30.7 Å². The topological polar surface area (TPSA) is 74.5 Å². The smallest absolute Gasteiger partial charge is 0.186 e. The fraction of sp³-hybridized carbons (Fsp3) is 0.125. The number of aromatic nitrogens is 3. The van der Waals surface area contributed by atoms with Crippen LogP contribution in [-0.4, -0.2) is 15.2 Å². The van der Waals surface area contributed by atoms with Gasteiger partial charge in [0, 0.05) is 23.8 Å². The molecule has 3 rings (SSSR count). The van der Waals surface area contributed by atoms with E-state index in [1.54, 1.807) is 12.4 Å². The van der Waals surface area contributed by atoms with Crippen LogP contribution in [0.15, 0.2) is 48.8 Å². The number of hydrogen-bond acceptors (Lipinski definition) is 5. The van der Waals surface area contributed by atoms with Crippen molar-refractivity contribution >= 4 is 16.6 Å². The van der Waals surface area contributed by atoms with E-state index in [2.05, 4.69) is 26.6 Å². The molecule has 1 unspecified atom stereocenters. The van der Waals surface area contributed by atoms with Crippen LogP contribution in [0.2, 0.25) is 0 Å². The van der Waals surface area contributed by atoms with Crippen molar-refractivity contribution in [3.8, 4) is 6.07 Å². The quantitative estimate of drug-likeness (QED) is 0.795. The molecule has 3 aromatic rings. The summed E-state index contributed by atoms with van der Waals surface area (Å²) in [5, 5.41) is 21.6. The van der Waals surface area contributed by atoms with Crippen LogP contribution in [-0.2, 0) is 0 Å². The van der Waals surface area contributed by atoms with Gasteiger partial charge in [-0.2, -0.15) is 5.26 Å². The van der Waals surface area contributed by atoms with E-state index in [9.17, 15) is 5.26 Å². The molecule has 1 atom stereocenters. The van der Waals surface area contributed by atoms with Crippen molar-refractivity contribution in [2.75, 3.05) is 5.32 Å². The third-order valence-electron chi connectivity index (χ3n) is 3.34. The lowest BCUT2D eigenvalue weighted by Crippen LogP contribution is -2.09. The van der Waals surface area contributed by atoms with Crippen LogP contribution in [0, 0.1) is 11.3 Å². The van der Waals surface area contributed by atoms with E-state index in [0.29, 0.717) is 11.4 Å². The SMILES string of the molecule is CC(Nc1c(C#N)nnc2ccccc12)c1ccncc1. The van der Waals surface area contributed by atoms with Gasteiger partial charge in [-0.1, -0.05) is 18.2 Å². The van der Waals surface area contributed by atoms with Gasteiger partial charge in [0.1, 0.15) is 6.07 Å². The Kier molecular flexibility index (Phi) is 3.44. The molecule has 0 bridgehead atoms. The van der Waals surface area contributed by atoms with Gasteiger partial charge in [-0.3, -0.25) is 4.98 Å². The van der Waals surface area contributed by atoms with Crippen LogP contribution in [0.4, 0.5) is 5.69 Å². The molecule has 1 aromatic carbocycles. The highest BCUT2D eigenvalue weighted by atomic mass is 15.1. The first-order valence-electron chi connectivity index (χ1n) is 6.61. The van der Waals surface area contributed by atoms with E-state index in [1.807, 2.05) is 43.3 Å². The zero-order chi connectivity index (χ0) is 14.7. The molecule has 21 heavy (non-hydrogen) atoms. The van der Waals surface area contributed by atoms with Gasteiger partial charge < -0.3 is 5.32 Å². The number of nitrogens with zero attached hydrogens (tertiary/aromatic N) is 4. The molecule has 0 saturated carbocycles. The zero-order valence-electron chi connectivity index (χ0n) is 11.5. The molecular weight excluding hydrogens is 262 g/mol. The first-order chi connectivity index (χ1) is 10.3. The Morgan fingerprint density at radius 3 is 2.62 bits per heavy atom. The van der Waals surface area contributed by atoms with Crippen LogP contribution >= 0.6 is 0 Å². The zero-order valence-corrected chi connectivity index (χ0v) is 11.5. The van der Waals surface area contributed by atoms with Crippen molar-refractivity contribution in [1.29, 1.82) is 5.26 Å². The number of anilines is 1. The molecule has 2 aromatic heterocycles. The highest BCUT2D eigenvalue weighted by Gasteiger charge is 2.13. The lowest BCUT2D eigenvalue weighted by atomic mass is 10.1. The van der Waals surface area contributed by atoms with Gasteiger partial charge in [-0.15, -0.1) is 10.2 Å². The van der Waals surface area contributed by atoms with Crippen molar-refractivity contribution < 1.29 is 0 Å². The highest BCUT2D eigenvalue weighted by Crippen LogP contribution is 2.27. The summed E-state index contributed by atoms with van der Waals surface area (Å²) in [4.78, 5) is 4.02. The standard InChI is InChI=1S/C16H13N5/c1-11(12-6-8-18-9-7-12)19-16-13-4-2-3-5-14(13)20-21-15(16)10-17/h2-9,11H,1H3,(H,19,20). The summed E-state index contributed by atoms with van der Waals surface area (Å²) in [6.45, 7) is 2.03. The summed E-state index contributed by atoms with van der Waals surface area (Å²) in [6.07, 6.45) is 3.50. The van der Waals surface area contributed by atoms with Crippen LogP contribution in [0.25, 0.3) is 10.9 Å². The molecule has 2 heterocycles. The normalized spacial score (nSPS) is 11.8. The van der Waals surface area contributed by atoms with Crippen molar-refractivity contribution in [3.63, 3.8) is 0 Å². The average Bonchev–Trinajstić information content (AvgIpc) is 2.56. The molecule has 0 fully saturated rings. The second kappa shape index (κ2) is 5.55. The molecule has 5 nitrogen and oxygen atoms in total. The lowest BCUT2D eigenvalue weighted by molar-refractivity contribution is 0.876. The van der Waals surface area contributed by atoms with Crippen molar-refractivity contribution in [2.24, 2.45) is 0 Å². The number of fused-ring (bicyclic) bond motifs is 1. The Morgan fingerprint density at radius 2 is 1.86 bits per heavy atom. The average molecular weight is 275 g/mol. The van der Waals surface area contributed by atoms with Gasteiger partial charge in [0.05, 0.1) is 11.2 Å². The lowest BCUT2D eigenvalue weighted by Gasteiger charge is -2.17. The molecule has 102 valence electrons. The van der Waals surface area contributed by atoms with Crippen molar-refractivity contribution in [2.45, 2.75) is 13.0 Å². The molecule has 0 amide bonds. The number of hydrogen-bond donors (Lipinski definition) is 1. The molecule has 0 spiro atoms. The number of nitriles is 1. The van der Waals surface area contributed by atoms with E-state index >= 15 is 0 Å². The Hall–Kier alpha value is -3.00. The molecular formula is C16H13N5. The van der Waals surface area contributed by atoms with E-state index < -0.39 is 0 Å². The maximum Gasteiger partial charge on any atom is 0.186 e. The second-order valence-electron chi connectivity index (χ2n) is 4.70. The first-order valence-corrected chi connectivity index (χ1v) is 6.61. The molecule has 5 heteroatoms. The summed E-state index contributed by atoms with van der Waals surface area (Å²) in [5.74, 6) is 0. The monoisotopic (exact) mass is 275 g/mol. The Labute approximate surface area is 122 Å². The number of pyridine rings is 1. The van der Waals surface area contributed by atoms with Crippen LogP contribution < -0.4 is 5.32 Å². The minimum absolute atomic E-state index is 0.0349.